The second-order valence-corrected chi connectivity index (χ2v) is 7.14. The fraction of sp³-hybridized carbons (Fsp3) is 0.938. The summed E-state index contributed by atoms with van der Waals surface area (Å²) in [5, 5.41) is 0. The minimum Gasteiger partial charge on any atom is -0.325 e. The lowest BCUT2D eigenvalue weighted by atomic mass is 9.84. The van der Waals surface area contributed by atoms with Gasteiger partial charge < -0.3 is 14.7 Å². The maximum Gasteiger partial charge on any atom is 0.320 e. The van der Waals surface area contributed by atoms with Crippen LogP contribution in [-0.4, -0.2) is 66.5 Å². The molecule has 0 N–H and O–H groups in total. The van der Waals surface area contributed by atoms with Crippen LogP contribution in [0.1, 0.15) is 39.0 Å². The van der Waals surface area contributed by atoms with Crippen molar-refractivity contribution < 1.29 is 4.79 Å². The van der Waals surface area contributed by atoms with E-state index < -0.39 is 0 Å². The van der Waals surface area contributed by atoms with Crippen LogP contribution < -0.4 is 0 Å². The van der Waals surface area contributed by atoms with Crippen LogP contribution in [0.2, 0.25) is 0 Å². The van der Waals surface area contributed by atoms with Crippen molar-refractivity contribution in [2.24, 2.45) is 11.8 Å². The first-order valence-corrected chi connectivity index (χ1v) is 8.39. The van der Waals surface area contributed by atoms with Crippen LogP contribution >= 0.6 is 0 Å². The summed E-state index contributed by atoms with van der Waals surface area (Å²) in [6.07, 6.45) is 6.11. The van der Waals surface area contributed by atoms with Crippen molar-refractivity contribution in [2.75, 3.05) is 39.8 Å². The number of piperidine rings is 3. The van der Waals surface area contributed by atoms with Crippen molar-refractivity contribution in [1.82, 2.24) is 14.7 Å². The Kier molecular flexibility index (Phi) is 4.20. The van der Waals surface area contributed by atoms with Gasteiger partial charge in [-0.3, -0.25) is 0 Å². The summed E-state index contributed by atoms with van der Waals surface area (Å²) in [5.74, 6) is 1.49. The van der Waals surface area contributed by atoms with E-state index in [0.717, 1.165) is 38.5 Å². The molecule has 3 fully saturated rings. The zero-order valence-electron chi connectivity index (χ0n) is 13.1. The van der Waals surface area contributed by atoms with Crippen molar-refractivity contribution >= 4 is 6.03 Å². The van der Waals surface area contributed by atoms with Gasteiger partial charge in [-0.15, -0.1) is 0 Å². The number of urea groups is 1. The molecule has 3 rings (SSSR count). The van der Waals surface area contributed by atoms with Crippen LogP contribution in [0, 0.1) is 11.8 Å². The topological polar surface area (TPSA) is 26.8 Å². The van der Waals surface area contributed by atoms with E-state index in [1.807, 2.05) is 0 Å². The average molecular weight is 279 g/mol. The first-order valence-electron chi connectivity index (χ1n) is 8.39. The summed E-state index contributed by atoms with van der Waals surface area (Å²) in [5.41, 5.74) is 0. The molecule has 2 atom stereocenters. The van der Waals surface area contributed by atoms with Gasteiger partial charge in [-0.2, -0.15) is 0 Å². The number of hydrogen-bond acceptors (Lipinski definition) is 2. The van der Waals surface area contributed by atoms with Gasteiger partial charge >= 0.3 is 6.03 Å². The van der Waals surface area contributed by atoms with Crippen LogP contribution in [-0.2, 0) is 0 Å². The van der Waals surface area contributed by atoms with Crippen molar-refractivity contribution in [2.45, 2.75) is 45.1 Å². The first-order chi connectivity index (χ1) is 9.65. The van der Waals surface area contributed by atoms with Gasteiger partial charge in [-0.25, -0.2) is 4.79 Å². The molecule has 3 aliphatic rings. The van der Waals surface area contributed by atoms with Crippen molar-refractivity contribution in [3.63, 3.8) is 0 Å². The van der Waals surface area contributed by atoms with E-state index >= 15 is 0 Å². The smallest absolute Gasteiger partial charge is 0.320 e. The van der Waals surface area contributed by atoms with Gasteiger partial charge in [0.15, 0.2) is 0 Å². The highest BCUT2D eigenvalue weighted by Crippen LogP contribution is 2.30. The van der Waals surface area contributed by atoms with Crippen LogP contribution in [0.3, 0.4) is 0 Å². The molecular formula is C16H29N3O. The Morgan fingerprint density at radius 2 is 1.65 bits per heavy atom. The summed E-state index contributed by atoms with van der Waals surface area (Å²) < 4.78 is 0. The van der Waals surface area contributed by atoms with Gasteiger partial charge in [0.2, 0.25) is 0 Å². The van der Waals surface area contributed by atoms with Crippen LogP contribution in [0.5, 0.6) is 0 Å². The van der Waals surface area contributed by atoms with Crippen LogP contribution in [0.15, 0.2) is 0 Å². The molecule has 114 valence electrons. The summed E-state index contributed by atoms with van der Waals surface area (Å²) in [7, 11) is 2.25. The predicted octanol–water partition coefficient (Wildman–Crippen LogP) is 2.25. The minimum atomic E-state index is 0.309. The predicted molar refractivity (Wildman–Crippen MR) is 80.7 cm³/mol. The molecule has 0 aromatic heterocycles. The zero-order valence-corrected chi connectivity index (χ0v) is 13.1. The van der Waals surface area contributed by atoms with Crippen molar-refractivity contribution in [3.8, 4) is 0 Å². The van der Waals surface area contributed by atoms with E-state index in [1.165, 1.54) is 32.2 Å². The molecule has 0 aliphatic carbocycles. The number of nitrogens with zero attached hydrogens (tertiary/aromatic N) is 3. The highest BCUT2D eigenvalue weighted by atomic mass is 16.2. The average Bonchev–Trinajstić information content (AvgIpc) is 2.47. The molecule has 4 nitrogen and oxygen atoms in total. The normalized spacial score (nSPS) is 33.1. The fourth-order valence-corrected chi connectivity index (χ4v) is 4.23. The van der Waals surface area contributed by atoms with Gasteiger partial charge in [0.25, 0.3) is 0 Å². The molecule has 4 heteroatoms. The molecule has 0 bridgehead atoms. The Bertz CT molecular complexity index is 352. The van der Waals surface area contributed by atoms with E-state index in [-0.39, 0.29) is 0 Å². The van der Waals surface area contributed by atoms with Gasteiger partial charge in [0.05, 0.1) is 0 Å². The number of carbonyl (C=O) groups excluding carboxylic acids is 1. The SMILES string of the molecule is CC1CCN(C(=O)N2CCC3C(CCCN3C)C2)CC1. The number of likely N-dealkylation sites (tertiary alicyclic amines) is 3. The summed E-state index contributed by atoms with van der Waals surface area (Å²) in [6, 6.07) is 1.03. The summed E-state index contributed by atoms with van der Waals surface area (Å²) in [4.78, 5) is 19.4. The maximum absolute atomic E-state index is 12.7. The van der Waals surface area contributed by atoms with E-state index in [9.17, 15) is 4.79 Å². The number of rotatable bonds is 0. The Balaban J connectivity index is 1.57. The van der Waals surface area contributed by atoms with Gasteiger partial charge in [-0.1, -0.05) is 6.92 Å². The second kappa shape index (κ2) is 5.92. The van der Waals surface area contributed by atoms with E-state index in [4.69, 9.17) is 0 Å². The molecule has 3 saturated heterocycles. The number of amides is 2. The lowest BCUT2D eigenvalue weighted by molar-refractivity contribution is 0.0408. The lowest BCUT2D eigenvalue weighted by Gasteiger charge is -2.47. The largest absolute Gasteiger partial charge is 0.325 e. The molecule has 20 heavy (non-hydrogen) atoms. The van der Waals surface area contributed by atoms with Gasteiger partial charge in [-0.05, 0) is 57.5 Å². The molecule has 0 aromatic rings. The zero-order chi connectivity index (χ0) is 14.1. The molecule has 3 aliphatic heterocycles. The molecule has 0 spiro atoms. The molecule has 2 unspecified atom stereocenters. The lowest BCUT2D eigenvalue weighted by Crippen LogP contribution is -2.56. The maximum atomic E-state index is 12.7. The fourth-order valence-electron chi connectivity index (χ4n) is 4.23. The number of carbonyl (C=O) groups is 1. The molecule has 0 saturated carbocycles. The third-order valence-electron chi connectivity index (χ3n) is 5.67. The number of fused-ring (bicyclic) bond motifs is 1. The Morgan fingerprint density at radius 3 is 2.40 bits per heavy atom. The summed E-state index contributed by atoms with van der Waals surface area (Å²) in [6.45, 7) is 7.40. The molecule has 0 aromatic carbocycles. The highest BCUT2D eigenvalue weighted by molar-refractivity contribution is 5.74. The minimum absolute atomic E-state index is 0.309. The second-order valence-electron chi connectivity index (χ2n) is 7.14. The van der Waals surface area contributed by atoms with E-state index in [2.05, 4.69) is 28.7 Å². The quantitative estimate of drug-likeness (QED) is 0.680. The van der Waals surface area contributed by atoms with Crippen LogP contribution in [0.4, 0.5) is 4.79 Å². The Hall–Kier alpha value is -0.770. The monoisotopic (exact) mass is 279 g/mol. The summed E-state index contributed by atoms with van der Waals surface area (Å²) >= 11 is 0. The molecule has 2 amide bonds. The Labute approximate surface area is 123 Å². The van der Waals surface area contributed by atoms with Gasteiger partial charge in [0.1, 0.15) is 0 Å². The van der Waals surface area contributed by atoms with Crippen LogP contribution in [0.25, 0.3) is 0 Å². The molecule has 0 radical (unpaired) electrons. The van der Waals surface area contributed by atoms with Crippen molar-refractivity contribution in [3.05, 3.63) is 0 Å². The molecule has 3 heterocycles. The molecular weight excluding hydrogens is 250 g/mol. The Morgan fingerprint density at radius 1 is 0.950 bits per heavy atom. The van der Waals surface area contributed by atoms with Gasteiger partial charge in [0, 0.05) is 32.2 Å². The number of hydrogen-bond donors (Lipinski definition) is 0. The van der Waals surface area contributed by atoms with E-state index in [0.29, 0.717) is 18.0 Å². The highest BCUT2D eigenvalue weighted by Gasteiger charge is 2.37. The van der Waals surface area contributed by atoms with Crippen molar-refractivity contribution in [1.29, 1.82) is 0 Å². The third-order valence-corrected chi connectivity index (χ3v) is 5.67. The standard InChI is InChI=1S/C16H29N3O/c1-13-5-9-18(10-6-13)16(20)19-11-7-15-14(12-19)4-3-8-17(15)2/h13-15H,3-12H2,1-2H3. The third kappa shape index (κ3) is 2.80. The van der Waals surface area contributed by atoms with E-state index in [1.54, 1.807) is 0 Å². The first kappa shape index (κ1) is 14.2.